The van der Waals surface area contributed by atoms with Gasteiger partial charge in [0.25, 0.3) is 0 Å². The van der Waals surface area contributed by atoms with Crippen molar-refractivity contribution >= 4 is 41.0 Å². The summed E-state index contributed by atoms with van der Waals surface area (Å²) in [6.07, 6.45) is 4.05. The van der Waals surface area contributed by atoms with Crippen molar-refractivity contribution in [1.82, 2.24) is 4.90 Å². The van der Waals surface area contributed by atoms with Gasteiger partial charge in [-0.25, -0.2) is 0 Å². The van der Waals surface area contributed by atoms with Gasteiger partial charge in [0.15, 0.2) is 0 Å². The summed E-state index contributed by atoms with van der Waals surface area (Å²) in [4.78, 5) is 25.9. The zero-order valence-electron chi connectivity index (χ0n) is 12.8. The number of rotatable bonds is 4. The molecular weight excluding hydrogens is 316 g/mol. The standard InChI is InChI=1S/C16H22N2O2S2/c1-21-11-7-13-3-5-14(6-4-13)17-15(19)16(20)18-8-2-10-22-12-9-18/h3-6H,2,7-12H2,1H3,(H,17,19). The van der Waals surface area contributed by atoms with Crippen LogP contribution in [0.2, 0.25) is 0 Å². The van der Waals surface area contributed by atoms with Crippen molar-refractivity contribution in [2.24, 2.45) is 0 Å². The Bertz CT molecular complexity index is 497. The van der Waals surface area contributed by atoms with E-state index in [2.05, 4.69) is 11.6 Å². The van der Waals surface area contributed by atoms with Gasteiger partial charge in [-0.2, -0.15) is 23.5 Å². The minimum atomic E-state index is -0.538. The highest BCUT2D eigenvalue weighted by atomic mass is 32.2. The Kier molecular flexibility index (Phi) is 7.12. The number of carbonyl (C=O) groups excluding carboxylic acids is 2. The zero-order chi connectivity index (χ0) is 15.8. The number of nitrogens with zero attached hydrogens (tertiary/aromatic N) is 1. The molecular formula is C16H22N2O2S2. The summed E-state index contributed by atoms with van der Waals surface area (Å²) in [5.41, 5.74) is 1.92. The molecule has 1 aromatic rings. The van der Waals surface area contributed by atoms with E-state index in [-0.39, 0.29) is 0 Å². The summed E-state index contributed by atoms with van der Waals surface area (Å²) in [7, 11) is 0. The van der Waals surface area contributed by atoms with E-state index < -0.39 is 11.8 Å². The van der Waals surface area contributed by atoms with E-state index in [9.17, 15) is 9.59 Å². The van der Waals surface area contributed by atoms with Gasteiger partial charge >= 0.3 is 11.8 Å². The second-order valence-corrected chi connectivity index (χ2v) is 7.36. The average Bonchev–Trinajstić information content (AvgIpc) is 2.82. The third-order valence-electron chi connectivity index (χ3n) is 3.51. The van der Waals surface area contributed by atoms with Crippen LogP contribution in [0, 0.1) is 0 Å². The van der Waals surface area contributed by atoms with Crippen LogP contribution in [0.15, 0.2) is 24.3 Å². The van der Waals surface area contributed by atoms with Gasteiger partial charge < -0.3 is 10.2 Å². The van der Waals surface area contributed by atoms with E-state index in [0.717, 1.165) is 30.1 Å². The molecule has 0 unspecified atom stereocenters. The highest BCUT2D eigenvalue weighted by molar-refractivity contribution is 7.99. The quantitative estimate of drug-likeness (QED) is 0.857. The summed E-state index contributed by atoms with van der Waals surface area (Å²) in [6, 6.07) is 7.72. The van der Waals surface area contributed by atoms with E-state index in [4.69, 9.17) is 0 Å². The van der Waals surface area contributed by atoms with Crippen LogP contribution < -0.4 is 5.32 Å². The lowest BCUT2D eigenvalue weighted by atomic mass is 10.1. The molecule has 0 bridgehead atoms. The molecule has 0 aliphatic carbocycles. The number of thioether (sulfide) groups is 2. The van der Waals surface area contributed by atoms with Gasteiger partial charge in [0, 0.05) is 24.5 Å². The molecule has 1 saturated heterocycles. The second-order valence-electron chi connectivity index (χ2n) is 5.15. The van der Waals surface area contributed by atoms with Crippen molar-refractivity contribution in [3.63, 3.8) is 0 Å². The highest BCUT2D eigenvalue weighted by Gasteiger charge is 2.22. The number of hydrogen-bond acceptors (Lipinski definition) is 4. The molecule has 0 saturated carbocycles. The van der Waals surface area contributed by atoms with E-state index in [0.29, 0.717) is 18.8 Å². The fraction of sp³-hybridized carbons (Fsp3) is 0.500. The molecule has 1 aliphatic heterocycles. The Hall–Kier alpha value is -1.14. The lowest BCUT2D eigenvalue weighted by Gasteiger charge is -2.19. The molecule has 1 fully saturated rings. The molecule has 4 nitrogen and oxygen atoms in total. The molecule has 120 valence electrons. The Morgan fingerprint density at radius 1 is 1.23 bits per heavy atom. The van der Waals surface area contributed by atoms with E-state index in [1.807, 2.05) is 47.8 Å². The summed E-state index contributed by atoms with van der Waals surface area (Å²) in [5.74, 6) is 2.08. The van der Waals surface area contributed by atoms with Gasteiger partial charge in [-0.1, -0.05) is 12.1 Å². The number of amides is 2. The molecule has 1 aliphatic rings. The van der Waals surface area contributed by atoms with Crippen molar-refractivity contribution in [2.45, 2.75) is 12.8 Å². The van der Waals surface area contributed by atoms with Crippen molar-refractivity contribution in [1.29, 1.82) is 0 Å². The summed E-state index contributed by atoms with van der Waals surface area (Å²) in [6.45, 7) is 1.33. The molecule has 2 amide bonds. The fourth-order valence-corrected chi connectivity index (χ4v) is 3.58. The molecule has 0 radical (unpaired) electrons. The van der Waals surface area contributed by atoms with E-state index in [1.54, 1.807) is 4.90 Å². The smallest absolute Gasteiger partial charge is 0.313 e. The van der Waals surface area contributed by atoms with Crippen LogP contribution in [-0.2, 0) is 16.0 Å². The lowest BCUT2D eigenvalue weighted by Crippen LogP contribution is -2.40. The zero-order valence-corrected chi connectivity index (χ0v) is 14.5. The van der Waals surface area contributed by atoms with Crippen LogP contribution in [0.3, 0.4) is 0 Å². The summed E-state index contributed by atoms with van der Waals surface area (Å²) < 4.78 is 0. The van der Waals surface area contributed by atoms with E-state index in [1.165, 1.54) is 5.56 Å². The van der Waals surface area contributed by atoms with Crippen LogP contribution in [0.1, 0.15) is 12.0 Å². The molecule has 6 heteroatoms. The summed E-state index contributed by atoms with van der Waals surface area (Å²) in [5, 5.41) is 2.70. The van der Waals surface area contributed by atoms with Crippen molar-refractivity contribution in [3.05, 3.63) is 29.8 Å². The van der Waals surface area contributed by atoms with Gasteiger partial charge in [-0.05, 0) is 48.3 Å². The Labute approximate surface area is 140 Å². The maximum Gasteiger partial charge on any atom is 0.313 e. The third kappa shape index (κ3) is 5.25. The van der Waals surface area contributed by atoms with Gasteiger partial charge in [0.05, 0.1) is 0 Å². The second kappa shape index (κ2) is 9.10. The fourth-order valence-electron chi connectivity index (χ4n) is 2.25. The number of aryl methyl sites for hydroxylation is 1. The number of nitrogens with one attached hydrogen (secondary N) is 1. The van der Waals surface area contributed by atoms with Crippen LogP contribution in [0.25, 0.3) is 0 Å². The van der Waals surface area contributed by atoms with Crippen LogP contribution in [0.5, 0.6) is 0 Å². The summed E-state index contributed by atoms with van der Waals surface area (Å²) >= 11 is 3.64. The molecule has 2 rings (SSSR count). The van der Waals surface area contributed by atoms with Gasteiger partial charge in [0.1, 0.15) is 0 Å². The van der Waals surface area contributed by atoms with E-state index >= 15 is 0 Å². The van der Waals surface area contributed by atoms with Crippen molar-refractivity contribution in [2.75, 3.05) is 41.9 Å². The monoisotopic (exact) mass is 338 g/mol. The Balaban J connectivity index is 1.88. The molecule has 0 atom stereocenters. The van der Waals surface area contributed by atoms with Gasteiger partial charge in [-0.15, -0.1) is 0 Å². The first-order valence-corrected chi connectivity index (χ1v) is 10.0. The first-order valence-electron chi connectivity index (χ1n) is 7.46. The van der Waals surface area contributed by atoms with Crippen LogP contribution in [-0.4, -0.2) is 53.3 Å². The van der Waals surface area contributed by atoms with Crippen molar-refractivity contribution in [3.8, 4) is 0 Å². The number of carbonyl (C=O) groups is 2. The van der Waals surface area contributed by atoms with Crippen LogP contribution >= 0.6 is 23.5 Å². The number of hydrogen-bond donors (Lipinski definition) is 1. The number of anilines is 1. The molecule has 0 spiro atoms. The lowest BCUT2D eigenvalue weighted by molar-refractivity contribution is -0.142. The SMILES string of the molecule is CSCCc1ccc(NC(=O)C(=O)N2CCCSCC2)cc1. The molecule has 1 heterocycles. The van der Waals surface area contributed by atoms with Crippen LogP contribution in [0.4, 0.5) is 5.69 Å². The Morgan fingerprint density at radius 3 is 2.73 bits per heavy atom. The first kappa shape index (κ1) is 17.2. The number of benzene rings is 1. The molecule has 1 N–H and O–H groups in total. The maximum atomic E-state index is 12.2. The maximum absolute atomic E-state index is 12.2. The van der Waals surface area contributed by atoms with Gasteiger partial charge in [0.2, 0.25) is 0 Å². The molecule has 0 aromatic heterocycles. The highest BCUT2D eigenvalue weighted by Crippen LogP contribution is 2.13. The minimum absolute atomic E-state index is 0.422. The van der Waals surface area contributed by atoms with Gasteiger partial charge in [-0.3, -0.25) is 9.59 Å². The van der Waals surface area contributed by atoms with Crippen molar-refractivity contribution < 1.29 is 9.59 Å². The average molecular weight is 338 g/mol. The third-order valence-corrected chi connectivity index (χ3v) is 5.17. The molecule has 1 aromatic carbocycles. The first-order chi connectivity index (χ1) is 10.7. The normalized spacial score (nSPS) is 15.2. The minimum Gasteiger partial charge on any atom is -0.334 e. The topological polar surface area (TPSA) is 49.4 Å². The predicted octanol–water partition coefficient (Wildman–Crippen LogP) is 2.50. The predicted molar refractivity (Wildman–Crippen MR) is 95.7 cm³/mol. The Morgan fingerprint density at radius 2 is 2.00 bits per heavy atom. The molecule has 22 heavy (non-hydrogen) atoms. The largest absolute Gasteiger partial charge is 0.334 e.